The van der Waals surface area contributed by atoms with E-state index >= 15 is 0 Å². The molecule has 4 nitrogen and oxygen atoms in total. The summed E-state index contributed by atoms with van der Waals surface area (Å²) in [6.07, 6.45) is 8.79. The maximum Gasteiger partial charge on any atom is 0.209 e. The van der Waals surface area contributed by atoms with Gasteiger partial charge < -0.3 is 0 Å². The summed E-state index contributed by atoms with van der Waals surface area (Å²) >= 11 is 2.99. The van der Waals surface area contributed by atoms with Gasteiger partial charge in [-0.1, -0.05) is 13.8 Å². The number of allylic oxidation sites excluding steroid dienone is 6. The molecule has 1 atom stereocenters. The highest BCUT2D eigenvalue weighted by atomic mass is 32.2. The molecule has 0 N–H and O–H groups in total. The fourth-order valence-electron chi connectivity index (χ4n) is 3.64. The highest BCUT2D eigenvalue weighted by molar-refractivity contribution is 8.09. The molecule has 0 saturated carbocycles. The van der Waals surface area contributed by atoms with Crippen LogP contribution in [0, 0.1) is 0 Å². The largest absolute Gasteiger partial charge is 0.219 e. The van der Waals surface area contributed by atoms with E-state index in [9.17, 15) is 16.8 Å². The summed E-state index contributed by atoms with van der Waals surface area (Å²) in [6, 6.07) is 7.68. The first-order valence-electron chi connectivity index (χ1n) is 10.1. The van der Waals surface area contributed by atoms with Gasteiger partial charge in [0, 0.05) is 29.3 Å². The minimum Gasteiger partial charge on any atom is -0.219 e. The quantitative estimate of drug-likeness (QED) is 0.456. The molecular weight excluding hydrogens is 469 g/mol. The molecule has 2 aromatic heterocycles. The summed E-state index contributed by atoms with van der Waals surface area (Å²) in [6.45, 7) is 5.73. The lowest BCUT2D eigenvalue weighted by atomic mass is 10.0. The minimum absolute atomic E-state index is 0.136. The molecule has 2 aliphatic heterocycles. The second kappa shape index (κ2) is 8.31. The molecule has 4 heterocycles. The number of aryl methyl sites for hydroxylation is 1. The maximum absolute atomic E-state index is 13.2. The van der Waals surface area contributed by atoms with Crippen LogP contribution in [-0.2, 0) is 26.1 Å². The molecule has 0 saturated heterocycles. The van der Waals surface area contributed by atoms with E-state index in [4.69, 9.17) is 0 Å². The molecule has 2 aliphatic rings. The van der Waals surface area contributed by atoms with Crippen LogP contribution in [0.3, 0.4) is 0 Å². The summed E-state index contributed by atoms with van der Waals surface area (Å²) in [5, 5.41) is 0. The Morgan fingerprint density at radius 1 is 0.839 bits per heavy atom. The zero-order chi connectivity index (χ0) is 22.4. The zero-order valence-electron chi connectivity index (χ0n) is 17.6. The fourth-order valence-corrected chi connectivity index (χ4v) is 9.12. The first-order valence-corrected chi connectivity index (χ1v) is 14.7. The lowest BCUT2D eigenvalue weighted by molar-refractivity contribution is 0.603. The molecular formula is C23H24O4S4. The van der Waals surface area contributed by atoms with Crippen LogP contribution in [-0.4, -0.2) is 16.8 Å². The molecule has 0 aliphatic carbocycles. The summed E-state index contributed by atoms with van der Waals surface area (Å²) in [5.41, 5.74) is 0. The summed E-state index contributed by atoms with van der Waals surface area (Å²) in [7, 11) is -6.81. The van der Waals surface area contributed by atoms with Crippen LogP contribution in [0.2, 0.25) is 0 Å². The van der Waals surface area contributed by atoms with Crippen molar-refractivity contribution in [3.63, 3.8) is 0 Å². The Morgan fingerprint density at radius 3 is 2.06 bits per heavy atom. The van der Waals surface area contributed by atoms with Crippen LogP contribution in [0.15, 0.2) is 58.4 Å². The van der Waals surface area contributed by atoms with E-state index in [0.717, 1.165) is 25.9 Å². The van der Waals surface area contributed by atoms with Crippen LogP contribution in [0.5, 0.6) is 0 Å². The van der Waals surface area contributed by atoms with Crippen molar-refractivity contribution in [2.24, 2.45) is 0 Å². The van der Waals surface area contributed by atoms with Crippen LogP contribution < -0.4 is 0 Å². The lowest BCUT2D eigenvalue weighted by Crippen LogP contribution is -2.02. The van der Waals surface area contributed by atoms with Gasteiger partial charge in [0.15, 0.2) is 9.84 Å². The molecule has 2 aromatic rings. The fraction of sp³-hybridized carbons (Fsp3) is 0.304. The van der Waals surface area contributed by atoms with Gasteiger partial charge in [0.05, 0.1) is 9.81 Å². The Bertz CT molecular complexity index is 1360. The number of thiophene rings is 2. The summed E-state index contributed by atoms with van der Waals surface area (Å²) in [4.78, 5) is 5.31. The summed E-state index contributed by atoms with van der Waals surface area (Å²) < 4.78 is 50.8. The third-order valence-corrected chi connectivity index (χ3v) is 12.4. The van der Waals surface area contributed by atoms with Gasteiger partial charge in [0.2, 0.25) is 9.84 Å². The molecule has 0 fully saturated rings. The molecule has 0 bridgehead atoms. The normalized spacial score (nSPS) is 20.2. The number of rotatable bonds is 7. The topological polar surface area (TPSA) is 68.3 Å². The molecule has 164 valence electrons. The Hall–Kier alpha value is -1.74. The Balaban J connectivity index is 1.47. The standard InChI is InChI=1S/C23H24O4S4/c1-4-17-7-10-20(28-17)22-13-14-23(31(22,26)27)21-12-11-19(29-21)15(2)5-8-18-9-6-16(3)30(18,24)25/h6-7,9-15H,4-5,8H2,1-3H3. The molecule has 0 aromatic carbocycles. The highest BCUT2D eigenvalue weighted by Gasteiger charge is 2.32. The van der Waals surface area contributed by atoms with Gasteiger partial charge in [0.25, 0.3) is 0 Å². The number of hydrogen-bond donors (Lipinski definition) is 0. The van der Waals surface area contributed by atoms with Crippen molar-refractivity contribution >= 4 is 52.2 Å². The van der Waals surface area contributed by atoms with Crippen molar-refractivity contribution in [2.45, 2.75) is 46.0 Å². The number of sulfone groups is 2. The molecule has 4 rings (SSSR count). The smallest absolute Gasteiger partial charge is 0.209 e. The molecule has 0 radical (unpaired) electrons. The predicted octanol–water partition coefficient (Wildman–Crippen LogP) is 6.28. The van der Waals surface area contributed by atoms with Crippen molar-refractivity contribution in [3.05, 3.63) is 77.9 Å². The van der Waals surface area contributed by atoms with Gasteiger partial charge in [-0.25, -0.2) is 16.8 Å². The second-order valence-corrected chi connectivity index (χ2v) is 14.1. The number of hydrogen-bond acceptors (Lipinski definition) is 6. The molecule has 31 heavy (non-hydrogen) atoms. The molecule has 1 unspecified atom stereocenters. The second-order valence-electron chi connectivity index (χ2n) is 7.74. The van der Waals surface area contributed by atoms with Crippen LogP contribution in [0.4, 0.5) is 0 Å². The van der Waals surface area contributed by atoms with Gasteiger partial charge in [-0.3, -0.25) is 0 Å². The van der Waals surface area contributed by atoms with E-state index in [-0.39, 0.29) is 5.92 Å². The Labute approximate surface area is 192 Å². The van der Waals surface area contributed by atoms with Crippen molar-refractivity contribution in [2.75, 3.05) is 0 Å². The van der Waals surface area contributed by atoms with Gasteiger partial charge in [-0.2, -0.15) is 0 Å². The molecule has 8 heteroatoms. The van der Waals surface area contributed by atoms with E-state index in [0.29, 0.717) is 32.5 Å². The first-order chi connectivity index (χ1) is 14.6. The van der Waals surface area contributed by atoms with Crippen molar-refractivity contribution < 1.29 is 16.8 Å². The minimum atomic E-state index is -3.54. The van der Waals surface area contributed by atoms with E-state index in [2.05, 4.69) is 13.8 Å². The lowest BCUT2D eigenvalue weighted by Gasteiger charge is -2.10. The SMILES string of the molecule is CCc1ccc(C2=CC=C(c3ccc(C(C)CCC4=CC=C(C)S4(=O)=O)s3)S2(=O)=O)s1. The molecule has 0 spiro atoms. The van der Waals surface area contributed by atoms with Crippen molar-refractivity contribution in [3.8, 4) is 0 Å². The maximum atomic E-state index is 13.2. The molecule has 0 amide bonds. The van der Waals surface area contributed by atoms with E-state index in [1.807, 2.05) is 24.3 Å². The summed E-state index contributed by atoms with van der Waals surface area (Å²) in [5.74, 6) is 0.136. The van der Waals surface area contributed by atoms with Crippen molar-refractivity contribution in [1.82, 2.24) is 0 Å². The van der Waals surface area contributed by atoms with Gasteiger partial charge >= 0.3 is 0 Å². The van der Waals surface area contributed by atoms with E-state index < -0.39 is 19.7 Å². The van der Waals surface area contributed by atoms with Crippen LogP contribution in [0.25, 0.3) is 9.81 Å². The van der Waals surface area contributed by atoms with Crippen LogP contribution in [0.1, 0.15) is 59.0 Å². The van der Waals surface area contributed by atoms with E-state index in [1.54, 1.807) is 31.2 Å². The van der Waals surface area contributed by atoms with Crippen molar-refractivity contribution in [1.29, 1.82) is 0 Å². The average molecular weight is 493 g/mol. The monoisotopic (exact) mass is 492 g/mol. The highest BCUT2D eigenvalue weighted by Crippen LogP contribution is 2.43. The first kappa shape index (κ1) is 22.5. The van der Waals surface area contributed by atoms with Crippen LogP contribution >= 0.6 is 22.7 Å². The third kappa shape index (κ3) is 4.06. The average Bonchev–Trinajstić information content (AvgIpc) is 3.48. The van der Waals surface area contributed by atoms with Gasteiger partial charge in [-0.15, -0.1) is 22.7 Å². The van der Waals surface area contributed by atoms with Gasteiger partial charge in [-0.05, 0) is 80.7 Å². The third-order valence-electron chi connectivity index (χ3n) is 5.67. The van der Waals surface area contributed by atoms with E-state index in [1.165, 1.54) is 22.7 Å². The Kier molecular flexibility index (Phi) is 6.02. The zero-order valence-corrected chi connectivity index (χ0v) is 20.8. The van der Waals surface area contributed by atoms with Gasteiger partial charge in [0.1, 0.15) is 0 Å². The Morgan fingerprint density at radius 2 is 1.48 bits per heavy atom. The predicted molar refractivity (Wildman–Crippen MR) is 131 cm³/mol.